The lowest BCUT2D eigenvalue weighted by Gasteiger charge is -2.14. The molecule has 1 N–H and O–H groups in total. The lowest BCUT2D eigenvalue weighted by Crippen LogP contribution is -2.26. The zero-order valence-corrected chi connectivity index (χ0v) is 17.4. The number of ether oxygens (including phenoxy) is 1. The molecule has 0 radical (unpaired) electrons. The highest BCUT2D eigenvalue weighted by Crippen LogP contribution is 2.18. The zero-order valence-electron chi connectivity index (χ0n) is 17.4. The Morgan fingerprint density at radius 1 is 1.03 bits per heavy atom. The predicted octanol–water partition coefficient (Wildman–Crippen LogP) is 3.89. The van der Waals surface area contributed by atoms with Gasteiger partial charge in [-0.2, -0.15) is 4.80 Å². The molecule has 1 unspecified atom stereocenters. The molecule has 0 saturated carbocycles. The number of benzene rings is 3. The minimum atomic E-state index is -0.149. The normalized spacial score (nSPS) is 11.7. The van der Waals surface area contributed by atoms with E-state index in [2.05, 4.69) is 20.7 Å². The minimum absolute atomic E-state index is 0.0964. The van der Waals surface area contributed by atoms with Crippen LogP contribution in [0.3, 0.4) is 0 Å². The molecule has 0 aliphatic carbocycles. The smallest absolute Gasteiger partial charge is 0.251 e. The van der Waals surface area contributed by atoms with E-state index in [1.54, 1.807) is 19.2 Å². The van der Waals surface area contributed by atoms with Crippen LogP contribution in [0.2, 0.25) is 0 Å². The largest absolute Gasteiger partial charge is 0.497 e. The van der Waals surface area contributed by atoms with Gasteiger partial charge in [-0.3, -0.25) is 4.79 Å². The van der Waals surface area contributed by atoms with Crippen molar-refractivity contribution in [2.75, 3.05) is 7.11 Å². The van der Waals surface area contributed by atoms with Crippen LogP contribution >= 0.6 is 0 Å². The Bertz CT molecular complexity index is 1160. The maximum Gasteiger partial charge on any atom is 0.251 e. The summed E-state index contributed by atoms with van der Waals surface area (Å²) in [5, 5.41) is 15.8. The number of methoxy groups -OCH3 is 1. The van der Waals surface area contributed by atoms with Gasteiger partial charge in [0.2, 0.25) is 5.82 Å². The number of amides is 1. The summed E-state index contributed by atoms with van der Waals surface area (Å²) in [7, 11) is 1.64. The van der Waals surface area contributed by atoms with Gasteiger partial charge in [0, 0.05) is 11.1 Å². The number of aromatic nitrogens is 4. The van der Waals surface area contributed by atoms with E-state index in [0.29, 0.717) is 17.9 Å². The second kappa shape index (κ2) is 9.21. The molecule has 1 amide bonds. The summed E-state index contributed by atoms with van der Waals surface area (Å²) in [5.41, 5.74) is 3.37. The van der Waals surface area contributed by atoms with Crippen molar-refractivity contribution in [1.29, 1.82) is 0 Å². The van der Waals surface area contributed by atoms with Crippen LogP contribution in [0.5, 0.6) is 5.75 Å². The molecule has 31 heavy (non-hydrogen) atoms. The maximum atomic E-state index is 12.7. The first-order chi connectivity index (χ1) is 15.1. The third kappa shape index (κ3) is 4.95. The van der Waals surface area contributed by atoms with Gasteiger partial charge in [-0.15, -0.1) is 10.2 Å². The Kier molecular flexibility index (Phi) is 6.03. The molecule has 3 aromatic carbocycles. The number of carbonyl (C=O) groups excluding carboxylic acids is 1. The summed E-state index contributed by atoms with van der Waals surface area (Å²) >= 11 is 0. The van der Waals surface area contributed by atoms with Crippen LogP contribution in [0.25, 0.3) is 11.4 Å². The monoisotopic (exact) mass is 413 g/mol. The van der Waals surface area contributed by atoms with Gasteiger partial charge in [0.15, 0.2) is 0 Å². The van der Waals surface area contributed by atoms with Crippen LogP contribution in [-0.4, -0.2) is 33.2 Å². The van der Waals surface area contributed by atoms with Crippen molar-refractivity contribution in [1.82, 2.24) is 25.5 Å². The van der Waals surface area contributed by atoms with E-state index in [-0.39, 0.29) is 11.9 Å². The van der Waals surface area contributed by atoms with Crippen molar-refractivity contribution in [3.63, 3.8) is 0 Å². The van der Waals surface area contributed by atoms with E-state index in [1.165, 1.54) is 4.80 Å². The molecule has 0 aliphatic heterocycles. The Labute approximate surface area is 180 Å². The number of hydrogen-bond acceptors (Lipinski definition) is 5. The fourth-order valence-corrected chi connectivity index (χ4v) is 3.22. The van der Waals surface area contributed by atoms with E-state index < -0.39 is 0 Å². The average Bonchev–Trinajstić information content (AvgIpc) is 3.29. The highest BCUT2D eigenvalue weighted by atomic mass is 16.5. The first kappa shape index (κ1) is 20.3. The summed E-state index contributed by atoms with van der Waals surface area (Å²) in [5.74, 6) is 1.12. The third-order valence-electron chi connectivity index (χ3n) is 4.97. The molecule has 0 spiro atoms. The van der Waals surface area contributed by atoms with Gasteiger partial charge in [-0.25, -0.2) is 0 Å². The van der Waals surface area contributed by atoms with Crippen LogP contribution < -0.4 is 10.1 Å². The molecule has 156 valence electrons. The molecule has 4 rings (SSSR count). The molecular weight excluding hydrogens is 390 g/mol. The van der Waals surface area contributed by atoms with Crippen molar-refractivity contribution in [2.24, 2.45) is 0 Å². The second-order valence-electron chi connectivity index (χ2n) is 7.18. The predicted molar refractivity (Wildman–Crippen MR) is 118 cm³/mol. The standard InChI is InChI=1S/C24H23N5O2/c1-17(19-7-4-3-5-8-19)25-24(30)21-10-6-9-20(15-21)23-26-28-29(27-23)16-18-11-13-22(31-2)14-12-18/h3-15,17H,16H2,1-2H3,(H,25,30). The van der Waals surface area contributed by atoms with E-state index in [0.717, 1.165) is 22.4 Å². The zero-order chi connectivity index (χ0) is 21.6. The van der Waals surface area contributed by atoms with E-state index in [9.17, 15) is 4.79 Å². The molecule has 7 heteroatoms. The molecule has 7 nitrogen and oxygen atoms in total. The topological polar surface area (TPSA) is 81.9 Å². The highest BCUT2D eigenvalue weighted by Gasteiger charge is 2.14. The van der Waals surface area contributed by atoms with Crippen molar-refractivity contribution in [3.05, 3.63) is 95.6 Å². The number of carbonyl (C=O) groups is 1. The molecule has 1 heterocycles. The second-order valence-corrected chi connectivity index (χ2v) is 7.18. The van der Waals surface area contributed by atoms with Gasteiger partial charge in [-0.1, -0.05) is 54.6 Å². The Morgan fingerprint density at radius 2 is 1.81 bits per heavy atom. The summed E-state index contributed by atoms with van der Waals surface area (Å²) < 4.78 is 5.18. The third-order valence-corrected chi connectivity index (χ3v) is 4.97. The van der Waals surface area contributed by atoms with E-state index >= 15 is 0 Å². The van der Waals surface area contributed by atoms with Crippen molar-refractivity contribution in [3.8, 4) is 17.1 Å². The average molecular weight is 413 g/mol. The molecule has 1 aromatic heterocycles. The SMILES string of the molecule is COc1ccc(Cn2nnc(-c3cccc(C(=O)NC(C)c4ccccc4)c3)n2)cc1. The quantitative estimate of drug-likeness (QED) is 0.497. The van der Waals surface area contributed by atoms with Crippen LogP contribution in [-0.2, 0) is 6.54 Å². The maximum absolute atomic E-state index is 12.7. The molecule has 1 atom stereocenters. The summed E-state index contributed by atoms with van der Waals surface area (Å²) in [6.07, 6.45) is 0. The van der Waals surface area contributed by atoms with Gasteiger partial charge >= 0.3 is 0 Å². The summed E-state index contributed by atoms with van der Waals surface area (Å²) in [6, 6.07) is 24.7. The Morgan fingerprint density at radius 3 is 2.55 bits per heavy atom. The Balaban J connectivity index is 1.46. The first-order valence-electron chi connectivity index (χ1n) is 9.99. The van der Waals surface area contributed by atoms with Crippen molar-refractivity contribution in [2.45, 2.75) is 19.5 Å². The van der Waals surface area contributed by atoms with Crippen LogP contribution in [0.15, 0.2) is 78.9 Å². The van der Waals surface area contributed by atoms with Crippen LogP contribution in [0.4, 0.5) is 0 Å². The van der Waals surface area contributed by atoms with Gasteiger partial charge in [0.25, 0.3) is 5.91 Å². The first-order valence-corrected chi connectivity index (χ1v) is 9.99. The molecule has 0 fully saturated rings. The van der Waals surface area contributed by atoms with E-state index in [1.807, 2.05) is 73.7 Å². The van der Waals surface area contributed by atoms with E-state index in [4.69, 9.17) is 4.74 Å². The fourth-order valence-electron chi connectivity index (χ4n) is 3.22. The lowest BCUT2D eigenvalue weighted by atomic mass is 10.1. The van der Waals surface area contributed by atoms with Crippen LogP contribution in [0, 0.1) is 0 Å². The van der Waals surface area contributed by atoms with Crippen molar-refractivity contribution >= 4 is 5.91 Å². The molecule has 0 saturated heterocycles. The highest BCUT2D eigenvalue weighted by molar-refractivity contribution is 5.95. The van der Waals surface area contributed by atoms with Gasteiger partial charge < -0.3 is 10.1 Å². The molecule has 0 aliphatic rings. The number of rotatable bonds is 7. The molecular formula is C24H23N5O2. The minimum Gasteiger partial charge on any atom is -0.497 e. The molecule has 4 aromatic rings. The van der Waals surface area contributed by atoms with Crippen molar-refractivity contribution < 1.29 is 9.53 Å². The number of hydrogen-bond donors (Lipinski definition) is 1. The fraction of sp³-hybridized carbons (Fsp3) is 0.167. The molecule has 0 bridgehead atoms. The summed E-state index contributed by atoms with van der Waals surface area (Å²) in [6.45, 7) is 2.45. The number of tetrazole rings is 1. The number of nitrogens with one attached hydrogen (secondary N) is 1. The van der Waals surface area contributed by atoms with Gasteiger partial charge in [0.05, 0.1) is 19.7 Å². The van der Waals surface area contributed by atoms with Gasteiger partial charge in [0.1, 0.15) is 5.75 Å². The van der Waals surface area contributed by atoms with Crippen LogP contribution in [0.1, 0.15) is 34.5 Å². The number of nitrogens with zero attached hydrogens (tertiary/aromatic N) is 4. The van der Waals surface area contributed by atoms with Gasteiger partial charge in [-0.05, 0) is 47.5 Å². The summed E-state index contributed by atoms with van der Waals surface area (Å²) in [4.78, 5) is 14.3. The Hall–Kier alpha value is -4.00. The lowest BCUT2D eigenvalue weighted by molar-refractivity contribution is 0.0940.